The van der Waals surface area contributed by atoms with Gasteiger partial charge in [0.05, 0.1) is 12.5 Å². The lowest BCUT2D eigenvalue weighted by Crippen LogP contribution is -1.94. The van der Waals surface area contributed by atoms with Crippen molar-refractivity contribution in [2.24, 2.45) is 0 Å². The molecule has 0 unspecified atom stereocenters. The van der Waals surface area contributed by atoms with Crippen molar-refractivity contribution in [1.29, 1.82) is 5.26 Å². The molecule has 0 saturated carbocycles. The Bertz CT molecular complexity index is 290. The molecule has 3 nitrogen and oxygen atoms in total. The van der Waals surface area contributed by atoms with Gasteiger partial charge in [0.15, 0.2) is 4.77 Å². The summed E-state index contributed by atoms with van der Waals surface area (Å²) in [4.78, 5) is 2.85. The summed E-state index contributed by atoms with van der Waals surface area (Å²) in [5, 5.41) is 8.25. The standard InChI is InChI=1S/C6H7N3S/c7-2-1-4-9-5-3-8-6(9)10/h3,5H,1,4H2,(H,8,10). The van der Waals surface area contributed by atoms with Crippen molar-refractivity contribution in [3.8, 4) is 6.07 Å². The minimum Gasteiger partial charge on any atom is -0.337 e. The number of nitrogens with zero attached hydrogens (tertiary/aromatic N) is 2. The topological polar surface area (TPSA) is 44.5 Å². The first kappa shape index (κ1) is 7.03. The Balaban J connectivity index is 2.68. The summed E-state index contributed by atoms with van der Waals surface area (Å²) in [5.74, 6) is 0. The highest BCUT2D eigenvalue weighted by Crippen LogP contribution is 1.91. The maximum atomic E-state index is 8.25. The van der Waals surface area contributed by atoms with Crippen LogP contribution < -0.4 is 0 Å². The fraction of sp³-hybridized carbons (Fsp3) is 0.333. The summed E-state index contributed by atoms with van der Waals surface area (Å²) < 4.78 is 2.51. The Kier molecular flexibility index (Phi) is 2.24. The van der Waals surface area contributed by atoms with Crippen LogP contribution in [0.5, 0.6) is 0 Å². The van der Waals surface area contributed by atoms with E-state index in [2.05, 4.69) is 11.1 Å². The number of hydrogen-bond donors (Lipinski definition) is 1. The van der Waals surface area contributed by atoms with E-state index < -0.39 is 0 Å². The quantitative estimate of drug-likeness (QED) is 0.654. The Labute approximate surface area is 63.9 Å². The predicted molar refractivity (Wildman–Crippen MR) is 39.8 cm³/mol. The number of rotatable bonds is 2. The molecule has 0 aliphatic carbocycles. The lowest BCUT2D eigenvalue weighted by molar-refractivity contribution is 0.705. The van der Waals surface area contributed by atoms with Gasteiger partial charge in [-0.2, -0.15) is 5.26 Å². The molecule has 52 valence electrons. The molecule has 0 aliphatic heterocycles. The molecule has 0 fully saturated rings. The largest absolute Gasteiger partial charge is 0.337 e. The molecule has 0 radical (unpaired) electrons. The molecule has 0 bridgehead atoms. The number of hydrogen-bond acceptors (Lipinski definition) is 2. The number of nitrogens with one attached hydrogen (secondary N) is 1. The first-order valence-corrected chi connectivity index (χ1v) is 3.36. The van der Waals surface area contributed by atoms with Crippen molar-refractivity contribution in [2.45, 2.75) is 13.0 Å². The lowest BCUT2D eigenvalue weighted by Gasteiger charge is -1.93. The Morgan fingerprint density at radius 3 is 3.10 bits per heavy atom. The van der Waals surface area contributed by atoms with E-state index in [-0.39, 0.29) is 0 Å². The lowest BCUT2D eigenvalue weighted by atomic mass is 10.5. The molecule has 0 atom stereocenters. The van der Waals surface area contributed by atoms with Crippen LogP contribution in [0, 0.1) is 16.1 Å². The van der Waals surface area contributed by atoms with Crippen LogP contribution in [0.25, 0.3) is 0 Å². The van der Waals surface area contributed by atoms with Crippen LogP contribution in [-0.4, -0.2) is 9.55 Å². The number of aryl methyl sites for hydroxylation is 1. The van der Waals surface area contributed by atoms with Gasteiger partial charge in [0.1, 0.15) is 0 Å². The summed E-state index contributed by atoms with van der Waals surface area (Å²) in [6.45, 7) is 0.679. The van der Waals surface area contributed by atoms with E-state index in [1.807, 2.05) is 10.8 Å². The molecule has 1 aromatic rings. The average molecular weight is 153 g/mol. The highest BCUT2D eigenvalue weighted by molar-refractivity contribution is 7.71. The summed E-state index contributed by atoms with van der Waals surface area (Å²) in [7, 11) is 0. The second-order valence-electron chi connectivity index (χ2n) is 1.87. The molecule has 10 heavy (non-hydrogen) atoms. The zero-order chi connectivity index (χ0) is 7.40. The van der Waals surface area contributed by atoms with Crippen molar-refractivity contribution in [1.82, 2.24) is 9.55 Å². The fourth-order valence-electron chi connectivity index (χ4n) is 0.696. The van der Waals surface area contributed by atoms with Crippen LogP contribution >= 0.6 is 12.2 Å². The third-order valence-electron chi connectivity index (χ3n) is 1.19. The molecule has 0 spiro atoms. The number of H-pyrrole nitrogens is 1. The third kappa shape index (κ3) is 1.45. The van der Waals surface area contributed by atoms with E-state index in [1.165, 1.54) is 0 Å². The molecule has 0 saturated heterocycles. The Morgan fingerprint density at radius 2 is 2.60 bits per heavy atom. The highest BCUT2D eigenvalue weighted by Gasteiger charge is 1.89. The number of imidazole rings is 1. The molecular formula is C6H7N3S. The molecule has 4 heteroatoms. The van der Waals surface area contributed by atoms with E-state index >= 15 is 0 Å². The van der Waals surface area contributed by atoms with Crippen molar-refractivity contribution in [3.63, 3.8) is 0 Å². The summed E-state index contributed by atoms with van der Waals surface area (Å²) >= 11 is 4.90. The molecule has 1 heterocycles. The van der Waals surface area contributed by atoms with E-state index in [1.54, 1.807) is 6.20 Å². The van der Waals surface area contributed by atoms with Crippen LogP contribution in [0.15, 0.2) is 12.4 Å². The predicted octanol–water partition coefficient (Wildman–Crippen LogP) is 1.46. The molecular weight excluding hydrogens is 146 g/mol. The molecule has 1 rings (SSSR count). The van der Waals surface area contributed by atoms with E-state index in [0.29, 0.717) is 17.7 Å². The minimum absolute atomic E-state index is 0.506. The summed E-state index contributed by atoms with van der Waals surface area (Å²) in [5.41, 5.74) is 0. The zero-order valence-corrected chi connectivity index (χ0v) is 6.19. The van der Waals surface area contributed by atoms with E-state index in [0.717, 1.165) is 0 Å². The van der Waals surface area contributed by atoms with Crippen LogP contribution in [0.4, 0.5) is 0 Å². The second kappa shape index (κ2) is 3.18. The van der Waals surface area contributed by atoms with Crippen LogP contribution in [0.2, 0.25) is 0 Å². The van der Waals surface area contributed by atoms with Crippen LogP contribution in [-0.2, 0) is 6.54 Å². The van der Waals surface area contributed by atoms with Gasteiger partial charge in [0.2, 0.25) is 0 Å². The maximum absolute atomic E-state index is 8.25. The van der Waals surface area contributed by atoms with Crippen molar-refractivity contribution in [3.05, 3.63) is 17.2 Å². The number of aromatic amines is 1. The minimum atomic E-state index is 0.506. The van der Waals surface area contributed by atoms with Crippen molar-refractivity contribution < 1.29 is 0 Å². The van der Waals surface area contributed by atoms with Gasteiger partial charge in [-0.15, -0.1) is 0 Å². The van der Waals surface area contributed by atoms with Gasteiger partial charge >= 0.3 is 0 Å². The van der Waals surface area contributed by atoms with Crippen molar-refractivity contribution in [2.75, 3.05) is 0 Å². The highest BCUT2D eigenvalue weighted by atomic mass is 32.1. The van der Waals surface area contributed by atoms with Gasteiger partial charge < -0.3 is 9.55 Å². The number of aromatic nitrogens is 2. The average Bonchev–Trinajstić information content (AvgIpc) is 2.31. The molecule has 1 aromatic heterocycles. The van der Waals surface area contributed by atoms with Gasteiger partial charge in [-0.3, -0.25) is 0 Å². The van der Waals surface area contributed by atoms with Gasteiger partial charge in [-0.25, -0.2) is 0 Å². The van der Waals surface area contributed by atoms with Gasteiger partial charge in [-0.05, 0) is 12.2 Å². The molecule has 0 amide bonds. The molecule has 1 N–H and O–H groups in total. The maximum Gasteiger partial charge on any atom is 0.177 e. The summed E-state index contributed by atoms with van der Waals surface area (Å²) in [6, 6.07) is 2.05. The summed E-state index contributed by atoms with van der Waals surface area (Å²) in [6.07, 6.45) is 4.10. The SMILES string of the molecule is N#CCCn1cc[nH]c1=S. The first-order chi connectivity index (χ1) is 4.84. The van der Waals surface area contributed by atoms with Crippen LogP contribution in [0.3, 0.4) is 0 Å². The molecule has 0 aromatic carbocycles. The fourth-order valence-corrected chi connectivity index (χ4v) is 0.916. The first-order valence-electron chi connectivity index (χ1n) is 2.95. The Hall–Kier alpha value is -1.08. The van der Waals surface area contributed by atoms with E-state index in [4.69, 9.17) is 17.5 Å². The Morgan fingerprint density at radius 1 is 1.80 bits per heavy atom. The third-order valence-corrected chi connectivity index (χ3v) is 1.54. The van der Waals surface area contributed by atoms with Crippen LogP contribution in [0.1, 0.15) is 6.42 Å². The normalized spacial score (nSPS) is 9.10. The number of nitriles is 1. The van der Waals surface area contributed by atoms with Gasteiger partial charge in [0, 0.05) is 18.9 Å². The van der Waals surface area contributed by atoms with Gasteiger partial charge in [0.25, 0.3) is 0 Å². The van der Waals surface area contributed by atoms with Crippen molar-refractivity contribution >= 4 is 12.2 Å². The second-order valence-corrected chi connectivity index (χ2v) is 2.25. The monoisotopic (exact) mass is 153 g/mol. The molecule has 0 aliphatic rings. The zero-order valence-electron chi connectivity index (χ0n) is 5.37. The van der Waals surface area contributed by atoms with Gasteiger partial charge in [-0.1, -0.05) is 0 Å². The smallest absolute Gasteiger partial charge is 0.177 e. The van der Waals surface area contributed by atoms with E-state index in [9.17, 15) is 0 Å².